The minimum Gasteiger partial charge on any atom is -0.495 e. The molecule has 0 aliphatic carbocycles. The third-order valence-corrected chi connectivity index (χ3v) is 5.96. The molecule has 5 rings (SSSR count). The van der Waals surface area contributed by atoms with E-state index in [0.29, 0.717) is 18.0 Å². The van der Waals surface area contributed by atoms with E-state index in [4.69, 9.17) is 4.74 Å². The number of anilines is 1. The number of rotatable bonds is 7. The van der Waals surface area contributed by atoms with Gasteiger partial charge in [0, 0.05) is 53.1 Å². The number of fused-ring (bicyclic) bond motifs is 1. The highest BCUT2D eigenvalue weighted by Gasteiger charge is 2.14. The van der Waals surface area contributed by atoms with Gasteiger partial charge in [0.25, 0.3) is 0 Å². The zero-order chi connectivity index (χ0) is 23.7. The Balaban J connectivity index is 1.50. The molecule has 10 heteroatoms. The number of aromatic nitrogens is 5. The maximum atomic E-state index is 11.8. The average molecular weight is 475 g/mol. The summed E-state index contributed by atoms with van der Waals surface area (Å²) in [4.78, 5) is 11.9. The molecule has 172 valence electrons. The van der Waals surface area contributed by atoms with Crippen LogP contribution >= 0.6 is 0 Å². The van der Waals surface area contributed by atoms with Crippen molar-refractivity contribution in [3.05, 3.63) is 79.1 Å². The summed E-state index contributed by atoms with van der Waals surface area (Å²) in [5.74, 6) is 0.437. The Morgan fingerprint density at radius 3 is 2.74 bits per heavy atom. The van der Waals surface area contributed by atoms with Gasteiger partial charge in [0.05, 0.1) is 31.8 Å². The number of ether oxygens (including phenoxy) is 1. The first-order valence-corrected chi connectivity index (χ1v) is 12.3. The summed E-state index contributed by atoms with van der Waals surface area (Å²) in [6.45, 7) is 0.627. The van der Waals surface area contributed by atoms with Crippen LogP contribution in [0, 0.1) is 0 Å². The molecule has 0 saturated heterocycles. The molecule has 0 aliphatic rings. The molecule has 4 heterocycles. The SMILES string of the molecule is COc1ccc(-c2cnc3[nH]cc(-c4cnn(Cc5cccnc5)c4)c3c2)cc1NS(C)(=O)=O. The van der Waals surface area contributed by atoms with Crippen LogP contribution in [0.25, 0.3) is 33.3 Å². The summed E-state index contributed by atoms with van der Waals surface area (Å²) in [5, 5.41) is 5.43. The topological polar surface area (TPSA) is 115 Å². The molecular weight excluding hydrogens is 452 g/mol. The van der Waals surface area contributed by atoms with Crippen LogP contribution in [0.4, 0.5) is 5.69 Å². The van der Waals surface area contributed by atoms with Gasteiger partial charge in [-0.05, 0) is 35.4 Å². The molecule has 0 aliphatic heterocycles. The molecule has 4 aromatic heterocycles. The van der Waals surface area contributed by atoms with Crippen LogP contribution in [-0.2, 0) is 16.6 Å². The maximum Gasteiger partial charge on any atom is 0.229 e. The Bertz CT molecular complexity index is 1580. The molecule has 0 atom stereocenters. The lowest BCUT2D eigenvalue weighted by Gasteiger charge is -2.12. The highest BCUT2D eigenvalue weighted by atomic mass is 32.2. The van der Waals surface area contributed by atoms with E-state index in [9.17, 15) is 8.42 Å². The second-order valence-electron chi connectivity index (χ2n) is 7.90. The fourth-order valence-corrected chi connectivity index (χ4v) is 4.39. The lowest BCUT2D eigenvalue weighted by Crippen LogP contribution is -2.10. The number of hydrogen-bond donors (Lipinski definition) is 2. The first-order chi connectivity index (χ1) is 16.4. The highest BCUT2D eigenvalue weighted by molar-refractivity contribution is 7.92. The molecule has 2 N–H and O–H groups in total. The third-order valence-electron chi connectivity index (χ3n) is 5.37. The summed E-state index contributed by atoms with van der Waals surface area (Å²) >= 11 is 0. The number of nitrogens with zero attached hydrogens (tertiary/aromatic N) is 4. The standard InChI is InChI=1S/C24H22N6O3S/c1-33-23-6-5-17(9-22(23)29-34(2,31)32)18-8-20-21(13-27-24(20)26-11-18)19-12-28-30(15-19)14-16-4-3-7-25-10-16/h3-13,15,29H,14H2,1-2H3,(H,26,27). The van der Waals surface area contributed by atoms with Gasteiger partial charge in [-0.2, -0.15) is 5.10 Å². The fourth-order valence-electron chi connectivity index (χ4n) is 3.83. The summed E-state index contributed by atoms with van der Waals surface area (Å²) in [6.07, 6.45) is 12.2. The molecule has 0 amide bonds. The summed E-state index contributed by atoms with van der Waals surface area (Å²) < 4.78 is 33.2. The van der Waals surface area contributed by atoms with Crippen molar-refractivity contribution in [1.82, 2.24) is 24.7 Å². The predicted molar refractivity (Wildman–Crippen MR) is 131 cm³/mol. The van der Waals surface area contributed by atoms with Crippen LogP contribution in [0.15, 0.2) is 73.6 Å². The summed E-state index contributed by atoms with van der Waals surface area (Å²) in [7, 11) is -1.96. The van der Waals surface area contributed by atoms with Crippen molar-refractivity contribution in [2.45, 2.75) is 6.54 Å². The number of H-pyrrole nitrogens is 1. The van der Waals surface area contributed by atoms with Gasteiger partial charge < -0.3 is 9.72 Å². The normalized spacial score (nSPS) is 11.6. The number of benzene rings is 1. The number of hydrogen-bond acceptors (Lipinski definition) is 6. The Kier molecular flexibility index (Phi) is 5.50. The highest BCUT2D eigenvalue weighted by Crippen LogP contribution is 2.34. The molecule has 0 spiro atoms. The van der Waals surface area contributed by atoms with E-state index >= 15 is 0 Å². The van der Waals surface area contributed by atoms with Gasteiger partial charge in [0.15, 0.2) is 0 Å². The van der Waals surface area contributed by atoms with Gasteiger partial charge >= 0.3 is 0 Å². The Morgan fingerprint density at radius 1 is 1.09 bits per heavy atom. The molecule has 9 nitrogen and oxygen atoms in total. The van der Waals surface area contributed by atoms with Gasteiger partial charge in [-0.1, -0.05) is 12.1 Å². The van der Waals surface area contributed by atoms with Crippen LogP contribution in [0.5, 0.6) is 5.75 Å². The van der Waals surface area contributed by atoms with Gasteiger partial charge in [-0.3, -0.25) is 14.4 Å². The zero-order valence-electron chi connectivity index (χ0n) is 18.6. The molecule has 0 unspecified atom stereocenters. The molecule has 34 heavy (non-hydrogen) atoms. The van der Waals surface area contributed by atoms with Gasteiger partial charge in [0.1, 0.15) is 11.4 Å². The van der Waals surface area contributed by atoms with E-state index in [1.54, 1.807) is 24.5 Å². The van der Waals surface area contributed by atoms with Crippen molar-refractivity contribution >= 4 is 26.7 Å². The Labute approximate surface area is 196 Å². The Hall–Kier alpha value is -4.18. The second-order valence-corrected chi connectivity index (χ2v) is 9.65. The molecule has 0 bridgehead atoms. The maximum absolute atomic E-state index is 11.8. The lowest BCUT2D eigenvalue weighted by molar-refractivity contribution is 0.417. The fraction of sp³-hybridized carbons (Fsp3) is 0.125. The summed E-state index contributed by atoms with van der Waals surface area (Å²) in [5.41, 5.74) is 5.78. The summed E-state index contributed by atoms with van der Waals surface area (Å²) in [6, 6.07) is 11.3. The largest absolute Gasteiger partial charge is 0.495 e. The van der Waals surface area contributed by atoms with Crippen molar-refractivity contribution < 1.29 is 13.2 Å². The van der Waals surface area contributed by atoms with Crippen LogP contribution in [0.2, 0.25) is 0 Å². The van der Waals surface area contributed by atoms with E-state index in [1.807, 2.05) is 53.7 Å². The molecule has 0 saturated carbocycles. The number of pyridine rings is 2. The van der Waals surface area contributed by atoms with Crippen molar-refractivity contribution in [3.8, 4) is 28.0 Å². The molecule has 5 aromatic rings. The van der Waals surface area contributed by atoms with E-state index in [-0.39, 0.29) is 0 Å². The zero-order valence-corrected chi connectivity index (χ0v) is 19.4. The van der Waals surface area contributed by atoms with Crippen molar-refractivity contribution in [2.24, 2.45) is 0 Å². The van der Waals surface area contributed by atoms with Crippen LogP contribution in [0.3, 0.4) is 0 Å². The lowest BCUT2D eigenvalue weighted by atomic mass is 10.0. The number of methoxy groups -OCH3 is 1. The van der Waals surface area contributed by atoms with Crippen LogP contribution in [-0.4, -0.2) is 46.5 Å². The third kappa shape index (κ3) is 4.48. The van der Waals surface area contributed by atoms with E-state index in [2.05, 4.69) is 24.8 Å². The van der Waals surface area contributed by atoms with Gasteiger partial charge in [-0.15, -0.1) is 0 Å². The van der Waals surface area contributed by atoms with E-state index in [0.717, 1.165) is 45.1 Å². The monoisotopic (exact) mass is 474 g/mol. The number of nitrogens with one attached hydrogen (secondary N) is 2. The minimum atomic E-state index is -3.46. The first-order valence-electron chi connectivity index (χ1n) is 10.4. The minimum absolute atomic E-state index is 0.369. The van der Waals surface area contributed by atoms with Crippen molar-refractivity contribution in [3.63, 3.8) is 0 Å². The predicted octanol–water partition coefficient (Wildman–Crippen LogP) is 3.92. The van der Waals surface area contributed by atoms with Crippen molar-refractivity contribution in [2.75, 3.05) is 18.1 Å². The smallest absolute Gasteiger partial charge is 0.229 e. The molecular formula is C24H22N6O3S. The van der Waals surface area contributed by atoms with E-state index in [1.165, 1.54) is 7.11 Å². The van der Waals surface area contributed by atoms with E-state index < -0.39 is 10.0 Å². The first kappa shape index (κ1) is 21.7. The Morgan fingerprint density at radius 2 is 1.97 bits per heavy atom. The number of sulfonamides is 1. The van der Waals surface area contributed by atoms with Gasteiger partial charge in [-0.25, -0.2) is 13.4 Å². The number of aromatic amines is 1. The molecule has 1 aromatic carbocycles. The van der Waals surface area contributed by atoms with Crippen LogP contribution < -0.4 is 9.46 Å². The van der Waals surface area contributed by atoms with Gasteiger partial charge in [0.2, 0.25) is 10.0 Å². The van der Waals surface area contributed by atoms with Crippen LogP contribution in [0.1, 0.15) is 5.56 Å². The second kappa shape index (κ2) is 8.64. The average Bonchev–Trinajstić information content (AvgIpc) is 3.45. The van der Waals surface area contributed by atoms with Crippen molar-refractivity contribution in [1.29, 1.82) is 0 Å². The molecule has 0 radical (unpaired) electrons. The molecule has 0 fully saturated rings. The quantitative estimate of drug-likeness (QED) is 0.370.